The van der Waals surface area contributed by atoms with Gasteiger partial charge in [-0.05, 0) is 39.2 Å². The first-order valence-corrected chi connectivity index (χ1v) is 9.01. The second-order valence-electron chi connectivity index (χ2n) is 5.88. The number of ether oxygens (including phenoxy) is 1. The van der Waals surface area contributed by atoms with Crippen LogP contribution in [0.4, 0.5) is 0 Å². The van der Waals surface area contributed by atoms with Gasteiger partial charge in [0.05, 0.1) is 12.0 Å². The third-order valence-electron chi connectivity index (χ3n) is 3.06. The minimum absolute atomic E-state index is 0.101. The Morgan fingerprint density at radius 3 is 2.16 bits per heavy atom. The molecule has 1 fully saturated rings. The highest BCUT2D eigenvalue weighted by molar-refractivity contribution is 14.1. The molecule has 0 aromatic heterocycles. The molecular weight excluding hydrogens is 355 g/mol. The van der Waals surface area contributed by atoms with Gasteiger partial charge >= 0.3 is 5.97 Å². The van der Waals surface area contributed by atoms with Crippen molar-refractivity contribution in [1.29, 1.82) is 0 Å². The van der Waals surface area contributed by atoms with Crippen molar-refractivity contribution in [2.75, 3.05) is 51.3 Å². The van der Waals surface area contributed by atoms with E-state index in [0.29, 0.717) is 6.61 Å². The van der Waals surface area contributed by atoms with Crippen molar-refractivity contribution >= 4 is 28.6 Å². The monoisotopic (exact) mass is 384 g/mol. The van der Waals surface area contributed by atoms with E-state index < -0.39 is 0 Å². The Balaban J connectivity index is 0.00000154. The SMILES string of the molecule is CI.CN1CCN(CCCOC(=O)C(C)(C)C)CC1. The van der Waals surface area contributed by atoms with Gasteiger partial charge in [0.15, 0.2) is 0 Å². The maximum Gasteiger partial charge on any atom is 0.311 e. The molecule has 0 radical (unpaired) electrons. The molecule has 114 valence electrons. The van der Waals surface area contributed by atoms with E-state index in [4.69, 9.17) is 4.74 Å². The highest BCUT2D eigenvalue weighted by Gasteiger charge is 2.22. The minimum Gasteiger partial charge on any atom is -0.465 e. The number of piperazine rings is 1. The molecule has 1 saturated heterocycles. The van der Waals surface area contributed by atoms with Crippen LogP contribution in [0.25, 0.3) is 0 Å². The van der Waals surface area contributed by atoms with E-state index in [-0.39, 0.29) is 11.4 Å². The van der Waals surface area contributed by atoms with Gasteiger partial charge in [0.2, 0.25) is 0 Å². The number of halogens is 1. The maximum atomic E-state index is 11.5. The zero-order valence-corrected chi connectivity index (χ0v) is 15.2. The normalized spacial score (nSPS) is 17.6. The third-order valence-corrected chi connectivity index (χ3v) is 3.06. The van der Waals surface area contributed by atoms with Crippen LogP contribution >= 0.6 is 22.6 Å². The summed E-state index contributed by atoms with van der Waals surface area (Å²) in [6.07, 6.45) is 0.936. The summed E-state index contributed by atoms with van der Waals surface area (Å²) in [5.41, 5.74) is -0.381. The molecule has 1 heterocycles. The molecule has 0 saturated carbocycles. The van der Waals surface area contributed by atoms with Gasteiger partial charge in [-0.25, -0.2) is 0 Å². The zero-order valence-electron chi connectivity index (χ0n) is 13.0. The molecule has 0 amide bonds. The lowest BCUT2D eigenvalue weighted by atomic mass is 9.97. The van der Waals surface area contributed by atoms with Gasteiger partial charge in [-0.3, -0.25) is 4.79 Å². The summed E-state index contributed by atoms with van der Waals surface area (Å²) < 4.78 is 5.24. The van der Waals surface area contributed by atoms with Crippen molar-refractivity contribution < 1.29 is 9.53 Å². The van der Waals surface area contributed by atoms with Crippen LogP contribution in [-0.4, -0.2) is 67.1 Å². The predicted octanol–water partition coefficient (Wildman–Crippen LogP) is 2.26. The van der Waals surface area contributed by atoms with E-state index >= 15 is 0 Å². The van der Waals surface area contributed by atoms with Crippen LogP contribution in [0.15, 0.2) is 0 Å². The number of rotatable bonds is 4. The molecule has 19 heavy (non-hydrogen) atoms. The van der Waals surface area contributed by atoms with Crippen molar-refractivity contribution in [3.8, 4) is 0 Å². The lowest BCUT2D eigenvalue weighted by Gasteiger charge is -2.32. The van der Waals surface area contributed by atoms with Crippen LogP contribution < -0.4 is 0 Å². The summed E-state index contributed by atoms with van der Waals surface area (Å²) in [6, 6.07) is 0. The Labute approximate surface area is 132 Å². The van der Waals surface area contributed by atoms with E-state index in [1.54, 1.807) is 0 Å². The van der Waals surface area contributed by atoms with E-state index in [2.05, 4.69) is 39.4 Å². The molecule has 0 aromatic carbocycles. The molecule has 0 atom stereocenters. The Hall–Kier alpha value is 0.120. The van der Waals surface area contributed by atoms with Crippen LogP contribution in [0.3, 0.4) is 0 Å². The van der Waals surface area contributed by atoms with Crippen molar-refractivity contribution in [2.45, 2.75) is 27.2 Å². The molecule has 0 unspecified atom stereocenters. The van der Waals surface area contributed by atoms with Gasteiger partial charge in [-0.15, -0.1) is 0 Å². The molecule has 1 rings (SSSR count). The maximum absolute atomic E-state index is 11.5. The molecule has 1 aliphatic heterocycles. The first kappa shape index (κ1) is 19.1. The number of nitrogens with zero attached hydrogens (tertiary/aromatic N) is 2. The topological polar surface area (TPSA) is 32.8 Å². The van der Waals surface area contributed by atoms with E-state index in [1.165, 1.54) is 0 Å². The summed E-state index contributed by atoms with van der Waals surface area (Å²) >= 11 is 2.15. The Morgan fingerprint density at radius 2 is 1.68 bits per heavy atom. The quantitative estimate of drug-likeness (QED) is 0.322. The average Bonchev–Trinajstić information content (AvgIpc) is 2.38. The number of esters is 1. The molecule has 0 aliphatic carbocycles. The average molecular weight is 384 g/mol. The smallest absolute Gasteiger partial charge is 0.311 e. The Kier molecular flexibility index (Phi) is 10.00. The van der Waals surface area contributed by atoms with Gasteiger partial charge in [-0.2, -0.15) is 0 Å². The fraction of sp³-hybridized carbons (Fsp3) is 0.929. The summed E-state index contributed by atoms with van der Waals surface area (Å²) in [7, 11) is 2.16. The molecule has 0 aromatic rings. The van der Waals surface area contributed by atoms with Crippen molar-refractivity contribution in [3.05, 3.63) is 0 Å². The molecule has 5 heteroatoms. The van der Waals surface area contributed by atoms with Crippen LogP contribution in [0.5, 0.6) is 0 Å². The van der Waals surface area contributed by atoms with Gasteiger partial charge in [0, 0.05) is 32.7 Å². The Morgan fingerprint density at radius 1 is 1.16 bits per heavy atom. The molecule has 0 spiro atoms. The van der Waals surface area contributed by atoms with Gasteiger partial charge < -0.3 is 14.5 Å². The van der Waals surface area contributed by atoms with Crippen LogP contribution in [-0.2, 0) is 9.53 Å². The fourth-order valence-electron chi connectivity index (χ4n) is 1.74. The molecule has 0 bridgehead atoms. The van der Waals surface area contributed by atoms with Gasteiger partial charge in [0.25, 0.3) is 0 Å². The summed E-state index contributed by atoms with van der Waals surface area (Å²) in [5.74, 6) is -0.101. The summed E-state index contributed by atoms with van der Waals surface area (Å²) in [5, 5.41) is 0. The third kappa shape index (κ3) is 8.81. The number of hydrogen-bond acceptors (Lipinski definition) is 4. The van der Waals surface area contributed by atoms with Crippen LogP contribution in [0.1, 0.15) is 27.2 Å². The predicted molar refractivity (Wildman–Crippen MR) is 88.9 cm³/mol. The van der Waals surface area contributed by atoms with Crippen molar-refractivity contribution in [1.82, 2.24) is 9.80 Å². The van der Waals surface area contributed by atoms with E-state index in [1.807, 2.05) is 25.7 Å². The van der Waals surface area contributed by atoms with Gasteiger partial charge in [-0.1, -0.05) is 22.6 Å². The Bertz CT molecular complexity index is 246. The largest absolute Gasteiger partial charge is 0.465 e. The first-order chi connectivity index (χ1) is 8.89. The second-order valence-corrected chi connectivity index (χ2v) is 5.88. The summed E-state index contributed by atoms with van der Waals surface area (Å²) in [6.45, 7) is 11.8. The van der Waals surface area contributed by atoms with Crippen molar-refractivity contribution in [2.24, 2.45) is 5.41 Å². The number of alkyl halides is 1. The van der Waals surface area contributed by atoms with Gasteiger partial charge in [0.1, 0.15) is 0 Å². The number of carbonyl (C=O) groups excluding carboxylic acids is 1. The van der Waals surface area contributed by atoms with E-state index in [0.717, 1.165) is 39.1 Å². The van der Waals surface area contributed by atoms with Crippen LogP contribution in [0, 0.1) is 5.41 Å². The lowest BCUT2D eigenvalue weighted by molar-refractivity contribution is -0.153. The fourth-order valence-corrected chi connectivity index (χ4v) is 1.74. The highest BCUT2D eigenvalue weighted by atomic mass is 127. The standard InChI is InChI=1S/C13H26N2O2.CH3I/c1-13(2,3)12(16)17-11-5-6-15-9-7-14(4)8-10-15;1-2/h5-11H2,1-4H3;1H3. The molecular formula is C14H29IN2O2. The van der Waals surface area contributed by atoms with E-state index in [9.17, 15) is 4.79 Å². The molecule has 0 N–H and O–H groups in total. The number of carbonyl (C=O) groups is 1. The van der Waals surface area contributed by atoms with Crippen molar-refractivity contribution in [3.63, 3.8) is 0 Å². The number of hydrogen-bond donors (Lipinski definition) is 0. The summed E-state index contributed by atoms with van der Waals surface area (Å²) in [4.78, 5) is 18.3. The highest BCUT2D eigenvalue weighted by Crippen LogP contribution is 2.15. The zero-order chi connectivity index (χ0) is 14.9. The van der Waals surface area contributed by atoms with Crippen LogP contribution in [0.2, 0.25) is 0 Å². The minimum atomic E-state index is -0.381. The first-order valence-electron chi connectivity index (χ1n) is 6.85. The molecule has 4 nitrogen and oxygen atoms in total. The number of likely N-dealkylation sites (N-methyl/N-ethyl adjacent to an activating group) is 1. The molecule has 1 aliphatic rings. The lowest BCUT2D eigenvalue weighted by Crippen LogP contribution is -2.44. The second kappa shape index (κ2) is 9.94.